The number of benzene rings is 1. The van der Waals surface area contributed by atoms with Crippen molar-refractivity contribution in [2.45, 2.75) is 37.4 Å². The minimum atomic E-state index is -1.99. The third kappa shape index (κ3) is 2.64. The minimum absolute atomic E-state index is 0.0303. The maximum Gasteiger partial charge on any atom is 0.458 e. The molecule has 0 atom stereocenters. The van der Waals surface area contributed by atoms with Crippen molar-refractivity contribution in [1.29, 1.82) is 0 Å². The highest BCUT2D eigenvalue weighted by Gasteiger charge is 2.57. The predicted octanol–water partition coefficient (Wildman–Crippen LogP) is 2.29. The Hall–Kier alpha value is -2.18. The van der Waals surface area contributed by atoms with Gasteiger partial charge in [0.25, 0.3) is 0 Å². The highest BCUT2D eigenvalue weighted by Crippen LogP contribution is 2.32. The number of rotatable bonds is 4. The summed E-state index contributed by atoms with van der Waals surface area (Å²) in [7, 11) is 0. The van der Waals surface area contributed by atoms with Crippen LogP contribution in [0.4, 0.5) is 5.69 Å². The van der Waals surface area contributed by atoms with Crippen molar-refractivity contribution in [2.24, 2.45) is 0 Å². The molecule has 1 aliphatic carbocycles. The number of nitrogens with zero attached hydrogens (tertiary/aromatic N) is 2. The molecule has 0 heterocycles. The smallest absolute Gasteiger partial charge is 0.382 e. The summed E-state index contributed by atoms with van der Waals surface area (Å²) < 4.78 is 0. The van der Waals surface area contributed by atoms with Gasteiger partial charge < -0.3 is 5.32 Å². The second-order valence-electron chi connectivity index (χ2n) is 4.78. The number of anilines is 1. The van der Waals surface area contributed by atoms with Gasteiger partial charge in [0, 0.05) is 11.7 Å². The second-order valence-corrected chi connectivity index (χ2v) is 4.78. The van der Waals surface area contributed by atoms with E-state index in [1.165, 1.54) is 0 Å². The molecule has 1 saturated carbocycles. The van der Waals surface area contributed by atoms with E-state index in [2.05, 4.69) is 5.32 Å². The van der Waals surface area contributed by atoms with Crippen molar-refractivity contribution in [3.63, 3.8) is 0 Å². The summed E-state index contributed by atoms with van der Waals surface area (Å²) >= 11 is 0. The second kappa shape index (κ2) is 5.21. The van der Waals surface area contributed by atoms with Crippen LogP contribution in [-0.2, 0) is 0 Å². The van der Waals surface area contributed by atoms with Crippen LogP contribution in [0.1, 0.15) is 25.7 Å². The van der Waals surface area contributed by atoms with E-state index in [-0.39, 0.29) is 18.9 Å². The van der Waals surface area contributed by atoms with Crippen LogP contribution in [0.15, 0.2) is 30.3 Å². The molecule has 1 aromatic rings. The van der Waals surface area contributed by atoms with Gasteiger partial charge in [0.05, 0.1) is 22.7 Å². The van der Waals surface area contributed by atoms with Crippen LogP contribution in [0.3, 0.4) is 0 Å². The fraction of sp³-hybridized carbons (Fsp3) is 0.500. The van der Waals surface area contributed by atoms with Crippen LogP contribution in [-0.4, -0.2) is 21.6 Å². The average molecular weight is 265 g/mol. The monoisotopic (exact) mass is 265 g/mol. The van der Waals surface area contributed by atoms with Crippen LogP contribution in [0.5, 0.6) is 0 Å². The summed E-state index contributed by atoms with van der Waals surface area (Å²) in [5.74, 6) is 0. The molecule has 102 valence electrons. The molecule has 7 heteroatoms. The van der Waals surface area contributed by atoms with Gasteiger partial charge in [-0.25, -0.2) is 0 Å². The molecule has 0 aliphatic heterocycles. The van der Waals surface area contributed by atoms with Crippen molar-refractivity contribution in [3.8, 4) is 0 Å². The first kappa shape index (κ1) is 13.3. The summed E-state index contributed by atoms with van der Waals surface area (Å²) in [6, 6.07) is 9.55. The van der Waals surface area contributed by atoms with Crippen LogP contribution in [0.25, 0.3) is 0 Å². The first-order chi connectivity index (χ1) is 9.04. The van der Waals surface area contributed by atoms with E-state index in [0.29, 0.717) is 12.8 Å². The van der Waals surface area contributed by atoms with E-state index in [9.17, 15) is 20.2 Å². The van der Waals surface area contributed by atoms with Gasteiger partial charge >= 0.3 is 5.66 Å². The molecule has 7 nitrogen and oxygen atoms in total. The molecule has 19 heavy (non-hydrogen) atoms. The van der Waals surface area contributed by atoms with Crippen molar-refractivity contribution in [2.75, 3.05) is 5.32 Å². The lowest BCUT2D eigenvalue weighted by atomic mass is 9.86. The number of hydrogen-bond acceptors (Lipinski definition) is 5. The van der Waals surface area contributed by atoms with Gasteiger partial charge in [0.15, 0.2) is 0 Å². The maximum atomic E-state index is 10.9. The van der Waals surface area contributed by atoms with Gasteiger partial charge in [-0.1, -0.05) is 18.2 Å². The Bertz CT molecular complexity index is 453. The van der Waals surface area contributed by atoms with E-state index in [1.807, 2.05) is 30.3 Å². The van der Waals surface area contributed by atoms with Gasteiger partial charge in [-0.05, 0) is 25.0 Å². The van der Waals surface area contributed by atoms with Crippen molar-refractivity contribution >= 4 is 5.69 Å². The molecule has 1 fully saturated rings. The largest absolute Gasteiger partial charge is 0.458 e. The molecule has 0 saturated heterocycles. The summed E-state index contributed by atoms with van der Waals surface area (Å²) in [6.07, 6.45) is 0.794. The van der Waals surface area contributed by atoms with Crippen LogP contribution in [0, 0.1) is 20.2 Å². The van der Waals surface area contributed by atoms with E-state index >= 15 is 0 Å². The average Bonchev–Trinajstić information content (AvgIpc) is 2.40. The fourth-order valence-corrected chi connectivity index (χ4v) is 2.43. The maximum absolute atomic E-state index is 10.9. The molecule has 0 aromatic heterocycles. The molecule has 0 bridgehead atoms. The molecular weight excluding hydrogens is 250 g/mol. The summed E-state index contributed by atoms with van der Waals surface area (Å²) in [4.78, 5) is 20.4. The van der Waals surface area contributed by atoms with Crippen LogP contribution >= 0.6 is 0 Å². The van der Waals surface area contributed by atoms with Crippen molar-refractivity contribution in [3.05, 3.63) is 50.6 Å². The summed E-state index contributed by atoms with van der Waals surface area (Å²) in [5, 5.41) is 25.1. The van der Waals surface area contributed by atoms with E-state index < -0.39 is 15.5 Å². The Morgan fingerprint density at radius 1 is 1.05 bits per heavy atom. The Morgan fingerprint density at radius 3 is 2.05 bits per heavy atom. The quantitative estimate of drug-likeness (QED) is 0.511. The SMILES string of the molecule is O=[N+]([O-])C1([N+](=O)[O-])CCC(Nc2ccccc2)CC1. The Kier molecular flexibility index (Phi) is 3.64. The minimum Gasteiger partial charge on any atom is -0.382 e. The summed E-state index contributed by atoms with van der Waals surface area (Å²) in [6.45, 7) is 0. The zero-order valence-corrected chi connectivity index (χ0v) is 10.3. The van der Waals surface area contributed by atoms with Crippen LogP contribution in [0.2, 0.25) is 0 Å². The molecular formula is C12H15N3O4. The van der Waals surface area contributed by atoms with Crippen molar-refractivity contribution < 1.29 is 9.85 Å². The molecule has 0 radical (unpaired) electrons. The standard InChI is InChI=1S/C12H15N3O4/c16-14(17)12(15(18)19)8-6-11(7-9-12)13-10-4-2-1-3-5-10/h1-5,11,13H,6-9H2. The van der Waals surface area contributed by atoms with Gasteiger partial charge in [0.2, 0.25) is 0 Å². The Balaban J connectivity index is 1.99. The van der Waals surface area contributed by atoms with Gasteiger partial charge in [-0.2, -0.15) is 0 Å². The van der Waals surface area contributed by atoms with E-state index in [4.69, 9.17) is 0 Å². The molecule has 0 spiro atoms. The van der Waals surface area contributed by atoms with Crippen molar-refractivity contribution in [1.82, 2.24) is 0 Å². The Morgan fingerprint density at radius 2 is 1.58 bits per heavy atom. The molecule has 1 aromatic carbocycles. The van der Waals surface area contributed by atoms with Gasteiger partial charge in [0.1, 0.15) is 0 Å². The number of hydrogen-bond donors (Lipinski definition) is 1. The lowest BCUT2D eigenvalue weighted by Crippen LogP contribution is -2.50. The molecule has 1 aliphatic rings. The zero-order valence-electron chi connectivity index (χ0n) is 10.3. The van der Waals surface area contributed by atoms with Crippen LogP contribution < -0.4 is 5.32 Å². The fourth-order valence-electron chi connectivity index (χ4n) is 2.43. The topological polar surface area (TPSA) is 98.3 Å². The van der Waals surface area contributed by atoms with Gasteiger partial charge in [-0.3, -0.25) is 20.2 Å². The lowest BCUT2D eigenvalue weighted by molar-refractivity contribution is -0.800. The van der Waals surface area contributed by atoms with E-state index in [1.54, 1.807) is 0 Å². The predicted molar refractivity (Wildman–Crippen MR) is 69.0 cm³/mol. The zero-order chi connectivity index (χ0) is 13.9. The summed E-state index contributed by atoms with van der Waals surface area (Å²) in [5.41, 5.74) is -1.06. The molecule has 1 N–H and O–H groups in total. The highest BCUT2D eigenvalue weighted by atomic mass is 16.7. The molecule has 0 amide bonds. The molecule has 2 rings (SSSR count). The first-order valence-electron chi connectivity index (χ1n) is 6.15. The number of nitrogens with one attached hydrogen (secondary N) is 1. The lowest BCUT2D eigenvalue weighted by Gasteiger charge is -2.28. The van der Waals surface area contributed by atoms with Gasteiger partial charge in [-0.15, -0.1) is 0 Å². The number of nitro groups is 2. The number of para-hydroxylation sites is 1. The first-order valence-corrected chi connectivity index (χ1v) is 6.15. The third-order valence-electron chi connectivity index (χ3n) is 3.61. The third-order valence-corrected chi connectivity index (χ3v) is 3.61. The normalized spacial score (nSPS) is 18.7. The molecule has 0 unspecified atom stereocenters. The highest BCUT2D eigenvalue weighted by molar-refractivity contribution is 5.43. The Labute approximate surface area is 109 Å². The van der Waals surface area contributed by atoms with E-state index in [0.717, 1.165) is 5.69 Å².